The summed E-state index contributed by atoms with van der Waals surface area (Å²) in [5, 5.41) is 3.13. The molecule has 1 rings (SSSR count). The largest absolute Gasteiger partial charge is 0.493 e. The van der Waals surface area contributed by atoms with Crippen molar-refractivity contribution in [1.29, 1.82) is 0 Å². The fourth-order valence-electron chi connectivity index (χ4n) is 1.92. The summed E-state index contributed by atoms with van der Waals surface area (Å²) in [6, 6.07) is 4.09. The number of unbranched alkanes of at least 4 members (excludes halogenated alkanes) is 3. The molecule has 0 aromatic heterocycles. The van der Waals surface area contributed by atoms with Gasteiger partial charge in [0, 0.05) is 6.54 Å². The van der Waals surface area contributed by atoms with E-state index in [1.165, 1.54) is 24.8 Å². The van der Waals surface area contributed by atoms with Gasteiger partial charge in [-0.3, -0.25) is 0 Å². The summed E-state index contributed by atoms with van der Waals surface area (Å²) in [5.41, 5.74) is 1.17. The van der Waals surface area contributed by atoms with Gasteiger partial charge in [0.25, 0.3) is 0 Å². The van der Waals surface area contributed by atoms with E-state index < -0.39 is 0 Å². The second-order valence-electron chi connectivity index (χ2n) is 4.55. The van der Waals surface area contributed by atoms with Gasteiger partial charge in [0.15, 0.2) is 11.5 Å². The molecule has 0 atom stereocenters. The molecule has 1 N–H and O–H groups in total. The molecule has 0 unspecified atom stereocenters. The third-order valence-electron chi connectivity index (χ3n) is 2.91. The maximum Gasteiger partial charge on any atom is 0.175 e. The van der Waals surface area contributed by atoms with Crippen molar-refractivity contribution in [2.45, 2.75) is 39.2 Å². The van der Waals surface area contributed by atoms with Crippen LogP contribution in [0.2, 0.25) is 0 Å². The van der Waals surface area contributed by atoms with Gasteiger partial charge in [0.05, 0.1) is 18.2 Å². The van der Waals surface area contributed by atoms with Gasteiger partial charge in [-0.2, -0.15) is 0 Å². The summed E-state index contributed by atoms with van der Waals surface area (Å²) in [4.78, 5) is 0. The summed E-state index contributed by atoms with van der Waals surface area (Å²) in [5.74, 6) is 1.59. The number of halogens is 1. The van der Waals surface area contributed by atoms with E-state index in [1.54, 1.807) is 7.11 Å². The first-order valence-corrected chi connectivity index (χ1v) is 7.66. The maximum atomic E-state index is 5.85. The van der Waals surface area contributed by atoms with Crippen LogP contribution in [0.3, 0.4) is 0 Å². The van der Waals surface area contributed by atoms with Gasteiger partial charge in [0.2, 0.25) is 0 Å². The maximum absolute atomic E-state index is 5.85. The molecule has 1 aromatic rings. The number of nitrogens with one attached hydrogen (secondary N) is 1. The monoisotopic (exact) mass is 329 g/mol. The molecule has 0 saturated carbocycles. The Kier molecular flexibility index (Phi) is 7.91. The van der Waals surface area contributed by atoms with Crippen molar-refractivity contribution in [2.75, 3.05) is 20.8 Å². The molecule has 0 aliphatic heterocycles. The van der Waals surface area contributed by atoms with Crippen LogP contribution in [0.1, 0.15) is 38.2 Å². The van der Waals surface area contributed by atoms with Crippen molar-refractivity contribution in [3.05, 3.63) is 22.2 Å². The van der Waals surface area contributed by atoms with Crippen molar-refractivity contribution in [3.8, 4) is 11.5 Å². The Bertz CT molecular complexity index is 383. The minimum atomic E-state index is 0.736. The lowest BCUT2D eigenvalue weighted by Crippen LogP contribution is -2.06. The predicted octanol–water partition coefficient (Wildman–Crippen LogP) is 4.14. The van der Waals surface area contributed by atoms with Crippen LogP contribution in [0.25, 0.3) is 0 Å². The normalized spacial score (nSPS) is 10.5. The van der Waals surface area contributed by atoms with E-state index in [-0.39, 0.29) is 0 Å². The number of methoxy groups -OCH3 is 1. The minimum absolute atomic E-state index is 0.736. The first-order valence-electron chi connectivity index (χ1n) is 6.86. The highest BCUT2D eigenvalue weighted by molar-refractivity contribution is 9.10. The Morgan fingerprint density at radius 2 is 2.00 bits per heavy atom. The van der Waals surface area contributed by atoms with Gasteiger partial charge in [0.1, 0.15) is 0 Å². The van der Waals surface area contributed by atoms with Crippen LogP contribution in [0, 0.1) is 0 Å². The highest BCUT2D eigenvalue weighted by Crippen LogP contribution is 2.36. The highest BCUT2D eigenvalue weighted by atomic mass is 79.9. The average Bonchev–Trinajstić information content (AvgIpc) is 2.40. The highest BCUT2D eigenvalue weighted by Gasteiger charge is 2.11. The summed E-state index contributed by atoms with van der Waals surface area (Å²) in [6.07, 6.45) is 4.81. The number of benzene rings is 1. The predicted molar refractivity (Wildman–Crippen MR) is 83.1 cm³/mol. The third-order valence-corrected chi connectivity index (χ3v) is 3.50. The Labute approximate surface area is 124 Å². The molecule has 0 heterocycles. The molecular weight excluding hydrogens is 306 g/mol. The third kappa shape index (κ3) is 5.41. The zero-order chi connectivity index (χ0) is 14.1. The van der Waals surface area contributed by atoms with Crippen LogP contribution in [-0.4, -0.2) is 20.8 Å². The summed E-state index contributed by atoms with van der Waals surface area (Å²) in [6.45, 7) is 3.76. The van der Waals surface area contributed by atoms with Crippen molar-refractivity contribution >= 4 is 15.9 Å². The second-order valence-corrected chi connectivity index (χ2v) is 5.40. The zero-order valence-electron chi connectivity index (χ0n) is 12.1. The Morgan fingerprint density at radius 3 is 2.63 bits per heavy atom. The van der Waals surface area contributed by atoms with E-state index in [4.69, 9.17) is 9.47 Å². The number of rotatable bonds is 9. The Hall–Kier alpha value is -0.740. The van der Waals surface area contributed by atoms with Crippen molar-refractivity contribution in [2.24, 2.45) is 0 Å². The molecular formula is C15H24BrNO2. The van der Waals surface area contributed by atoms with Crippen molar-refractivity contribution in [1.82, 2.24) is 5.32 Å². The van der Waals surface area contributed by atoms with E-state index in [0.717, 1.165) is 35.5 Å². The first kappa shape index (κ1) is 16.3. The molecule has 3 nitrogen and oxygen atoms in total. The summed E-state index contributed by atoms with van der Waals surface area (Å²) >= 11 is 3.56. The van der Waals surface area contributed by atoms with E-state index in [1.807, 2.05) is 13.1 Å². The fraction of sp³-hybridized carbons (Fsp3) is 0.600. The Balaban J connectivity index is 2.65. The summed E-state index contributed by atoms with van der Waals surface area (Å²) < 4.78 is 12.2. The van der Waals surface area contributed by atoms with Crippen molar-refractivity contribution in [3.63, 3.8) is 0 Å². The second kappa shape index (κ2) is 9.21. The number of hydrogen-bond acceptors (Lipinski definition) is 3. The van der Waals surface area contributed by atoms with Crippen LogP contribution >= 0.6 is 15.9 Å². The summed E-state index contributed by atoms with van der Waals surface area (Å²) in [7, 11) is 3.60. The fourth-order valence-corrected chi connectivity index (χ4v) is 2.53. The van der Waals surface area contributed by atoms with Gasteiger partial charge < -0.3 is 14.8 Å². The lowest BCUT2D eigenvalue weighted by atomic mass is 10.2. The molecule has 0 aliphatic rings. The van der Waals surface area contributed by atoms with Crippen molar-refractivity contribution < 1.29 is 9.47 Å². The standard InChI is InChI=1S/C15H24BrNO2/c1-4-5-6-7-8-19-15-13(16)9-12(11-17-2)10-14(15)18-3/h9-10,17H,4-8,11H2,1-3H3. The van der Waals surface area contributed by atoms with Crippen LogP contribution < -0.4 is 14.8 Å². The quantitative estimate of drug-likeness (QED) is 0.691. The number of ether oxygens (including phenoxy) is 2. The molecule has 4 heteroatoms. The van der Waals surface area contributed by atoms with Crippen LogP contribution in [0.5, 0.6) is 11.5 Å². The molecule has 0 radical (unpaired) electrons. The average molecular weight is 330 g/mol. The van der Waals surface area contributed by atoms with E-state index in [0.29, 0.717) is 0 Å². The smallest absolute Gasteiger partial charge is 0.175 e. The molecule has 0 amide bonds. The molecule has 0 fully saturated rings. The molecule has 1 aromatic carbocycles. The zero-order valence-corrected chi connectivity index (χ0v) is 13.7. The topological polar surface area (TPSA) is 30.5 Å². The molecule has 19 heavy (non-hydrogen) atoms. The van der Waals surface area contributed by atoms with E-state index >= 15 is 0 Å². The molecule has 0 saturated heterocycles. The molecule has 0 aliphatic carbocycles. The van der Waals surface area contributed by atoms with E-state index in [9.17, 15) is 0 Å². The van der Waals surface area contributed by atoms with Gasteiger partial charge in [-0.15, -0.1) is 0 Å². The van der Waals surface area contributed by atoms with Crippen LogP contribution in [-0.2, 0) is 6.54 Å². The van der Waals surface area contributed by atoms with Gasteiger partial charge in [-0.05, 0) is 47.1 Å². The van der Waals surface area contributed by atoms with Gasteiger partial charge >= 0.3 is 0 Å². The SMILES string of the molecule is CCCCCCOc1c(Br)cc(CNC)cc1OC. The molecule has 108 valence electrons. The van der Waals surface area contributed by atoms with Crippen LogP contribution in [0.15, 0.2) is 16.6 Å². The molecule has 0 bridgehead atoms. The van der Waals surface area contributed by atoms with Gasteiger partial charge in [-0.25, -0.2) is 0 Å². The Morgan fingerprint density at radius 1 is 1.21 bits per heavy atom. The first-order chi connectivity index (χ1) is 9.22. The number of hydrogen-bond donors (Lipinski definition) is 1. The minimum Gasteiger partial charge on any atom is -0.493 e. The lowest BCUT2D eigenvalue weighted by molar-refractivity contribution is 0.283. The molecule has 0 spiro atoms. The van der Waals surface area contributed by atoms with E-state index in [2.05, 4.69) is 34.2 Å². The lowest BCUT2D eigenvalue weighted by Gasteiger charge is -2.14. The van der Waals surface area contributed by atoms with Crippen LogP contribution in [0.4, 0.5) is 0 Å². The van der Waals surface area contributed by atoms with Gasteiger partial charge in [-0.1, -0.05) is 26.2 Å².